The van der Waals surface area contributed by atoms with Crippen LogP contribution in [-0.4, -0.2) is 20.3 Å². The third-order valence-electron chi connectivity index (χ3n) is 2.63. The molecule has 0 aromatic heterocycles. The van der Waals surface area contributed by atoms with Gasteiger partial charge in [-0.15, -0.1) is 0 Å². The Morgan fingerprint density at radius 2 is 2.16 bits per heavy atom. The number of nitrogens with one attached hydrogen (secondary N) is 1. The molecule has 0 saturated carbocycles. The van der Waals surface area contributed by atoms with Gasteiger partial charge in [0.15, 0.2) is 11.5 Å². The lowest BCUT2D eigenvalue weighted by molar-refractivity contribution is 0.319. The average molecular weight is 284 g/mol. The Hall–Kier alpha value is -1.19. The molecular weight excluding hydrogens is 262 g/mol. The molecular formula is C15H22ClNO2. The topological polar surface area (TPSA) is 30.5 Å². The van der Waals surface area contributed by atoms with Crippen LogP contribution in [0.5, 0.6) is 11.5 Å². The molecule has 0 aliphatic rings. The van der Waals surface area contributed by atoms with Crippen molar-refractivity contribution in [2.45, 2.75) is 26.8 Å². The Morgan fingerprint density at radius 1 is 1.37 bits per heavy atom. The van der Waals surface area contributed by atoms with Gasteiger partial charge in [-0.3, -0.25) is 0 Å². The number of hydrogen-bond donors (Lipinski definition) is 1. The van der Waals surface area contributed by atoms with Gasteiger partial charge < -0.3 is 14.8 Å². The first kappa shape index (κ1) is 15.9. The normalized spacial score (nSPS) is 11.5. The monoisotopic (exact) mass is 283 g/mol. The lowest BCUT2D eigenvalue weighted by atomic mass is 10.2. The second-order valence-corrected chi connectivity index (χ2v) is 4.62. The van der Waals surface area contributed by atoms with E-state index in [0.29, 0.717) is 6.61 Å². The van der Waals surface area contributed by atoms with Gasteiger partial charge >= 0.3 is 0 Å². The summed E-state index contributed by atoms with van der Waals surface area (Å²) >= 11 is 5.62. The van der Waals surface area contributed by atoms with E-state index in [0.717, 1.165) is 36.6 Å². The van der Waals surface area contributed by atoms with Crippen LogP contribution in [-0.2, 0) is 6.54 Å². The van der Waals surface area contributed by atoms with Crippen molar-refractivity contribution in [3.8, 4) is 11.5 Å². The minimum Gasteiger partial charge on any atom is -0.493 e. The van der Waals surface area contributed by atoms with Gasteiger partial charge in [-0.25, -0.2) is 0 Å². The molecule has 0 bridgehead atoms. The van der Waals surface area contributed by atoms with Crippen molar-refractivity contribution in [2.75, 3.05) is 20.3 Å². The highest BCUT2D eigenvalue weighted by molar-refractivity contribution is 6.25. The molecule has 0 atom stereocenters. The Labute approximate surface area is 120 Å². The zero-order chi connectivity index (χ0) is 14.1. The van der Waals surface area contributed by atoms with Crippen molar-refractivity contribution >= 4 is 11.6 Å². The predicted octanol–water partition coefficient (Wildman–Crippen LogP) is 3.72. The number of methoxy groups -OCH3 is 1. The maximum absolute atomic E-state index is 5.72. The standard InChI is InChI=1S/C15H22ClNO2/c1-4-7-17-10-13-5-6-14(18-3)15(8-13)19-11-12(2)9-16/h5-6,8-9,17H,4,7,10-11H2,1-3H3/b12-9+. The van der Waals surface area contributed by atoms with Crippen molar-refractivity contribution in [1.29, 1.82) is 0 Å². The van der Waals surface area contributed by atoms with Crippen LogP contribution in [0.3, 0.4) is 0 Å². The molecule has 1 rings (SSSR count). The minimum absolute atomic E-state index is 0.464. The second-order valence-electron chi connectivity index (χ2n) is 4.41. The highest BCUT2D eigenvalue weighted by atomic mass is 35.5. The first-order chi connectivity index (χ1) is 9.21. The summed E-state index contributed by atoms with van der Waals surface area (Å²) in [6, 6.07) is 5.97. The van der Waals surface area contributed by atoms with E-state index in [1.54, 1.807) is 7.11 Å². The molecule has 0 fully saturated rings. The number of hydrogen-bond acceptors (Lipinski definition) is 3. The Bertz CT molecular complexity index is 419. The zero-order valence-electron chi connectivity index (χ0n) is 11.8. The van der Waals surface area contributed by atoms with E-state index in [9.17, 15) is 0 Å². The molecule has 1 N–H and O–H groups in total. The summed E-state index contributed by atoms with van der Waals surface area (Å²) in [6.07, 6.45) is 1.12. The number of benzene rings is 1. The van der Waals surface area contributed by atoms with Gasteiger partial charge in [0.2, 0.25) is 0 Å². The molecule has 19 heavy (non-hydrogen) atoms. The fourth-order valence-corrected chi connectivity index (χ4v) is 1.64. The van der Waals surface area contributed by atoms with Crippen LogP contribution >= 0.6 is 11.6 Å². The molecule has 3 nitrogen and oxygen atoms in total. The molecule has 106 valence electrons. The van der Waals surface area contributed by atoms with Gasteiger partial charge in [0.1, 0.15) is 6.61 Å². The molecule has 0 saturated heterocycles. The Balaban J connectivity index is 2.72. The summed E-state index contributed by atoms with van der Waals surface area (Å²) in [7, 11) is 1.64. The van der Waals surface area contributed by atoms with Crippen molar-refractivity contribution in [1.82, 2.24) is 5.32 Å². The van der Waals surface area contributed by atoms with E-state index in [1.165, 1.54) is 11.1 Å². The van der Waals surface area contributed by atoms with Gasteiger partial charge in [0.25, 0.3) is 0 Å². The van der Waals surface area contributed by atoms with Crippen LogP contribution in [0, 0.1) is 0 Å². The third kappa shape index (κ3) is 5.53. The molecule has 1 aromatic carbocycles. The smallest absolute Gasteiger partial charge is 0.161 e. The molecule has 1 aromatic rings. The van der Waals surface area contributed by atoms with Gasteiger partial charge in [0, 0.05) is 12.1 Å². The molecule has 0 spiro atoms. The summed E-state index contributed by atoms with van der Waals surface area (Å²) in [5.41, 5.74) is 3.68. The highest BCUT2D eigenvalue weighted by Crippen LogP contribution is 2.28. The molecule has 0 aliphatic carbocycles. The quantitative estimate of drug-likeness (QED) is 0.738. The number of halogens is 1. The average Bonchev–Trinajstić information content (AvgIpc) is 2.45. The lowest BCUT2D eigenvalue weighted by Gasteiger charge is -2.12. The first-order valence-corrected chi connectivity index (χ1v) is 6.91. The first-order valence-electron chi connectivity index (χ1n) is 6.47. The van der Waals surface area contributed by atoms with Crippen LogP contribution in [0.4, 0.5) is 0 Å². The van der Waals surface area contributed by atoms with Crippen molar-refractivity contribution in [3.63, 3.8) is 0 Å². The SMILES string of the molecule is CCCNCc1ccc(OC)c(OC/C(C)=C/Cl)c1. The molecule has 0 radical (unpaired) electrons. The van der Waals surface area contributed by atoms with Gasteiger partial charge in [-0.2, -0.15) is 0 Å². The predicted molar refractivity (Wildman–Crippen MR) is 80.1 cm³/mol. The third-order valence-corrected chi connectivity index (χ3v) is 3.00. The summed E-state index contributed by atoms with van der Waals surface area (Å²) in [5.74, 6) is 1.48. The zero-order valence-corrected chi connectivity index (χ0v) is 12.6. The van der Waals surface area contributed by atoms with Crippen molar-refractivity contribution in [2.24, 2.45) is 0 Å². The van der Waals surface area contributed by atoms with Crippen LogP contribution in [0.1, 0.15) is 25.8 Å². The summed E-state index contributed by atoms with van der Waals surface area (Å²) in [5, 5.41) is 3.36. The fourth-order valence-electron chi connectivity index (χ4n) is 1.58. The van der Waals surface area contributed by atoms with Crippen molar-refractivity contribution in [3.05, 3.63) is 34.9 Å². The summed E-state index contributed by atoms with van der Waals surface area (Å²) in [4.78, 5) is 0. The largest absolute Gasteiger partial charge is 0.493 e. The van der Waals surface area contributed by atoms with Crippen LogP contribution in [0.15, 0.2) is 29.3 Å². The highest BCUT2D eigenvalue weighted by Gasteiger charge is 2.06. The van der Waals surface area contributed by atoms with E-state index in [1.807, 2.05) is 25.1 Å². The van der Waals surface area contributed by atoms with Crippen LogP contribution < -0.4 is 14.8 Å². The van der Waals surface area contributed by atoms with Gasteiger partial charge in [-0.05, 0) is 43.2 Å². The van der Waals surface area contributed by atoms with Crippen molar-refractivity contribution < 1.29 is 9.47 Å². The number of ether oxygens (including phenoxy) is 2. The van der Waals surface area contributed by atoms with E-state index >= 15 is 0 Å². The molecule has 0 aliphatic heterocycles. The molecule has 0 unspecified atom stereocenters. The van der Waals surface area contributed by atoms with Gasteiger partial charge in [0.05, 0.1) is 7.11 Å². The van der Waals surface area contributed by atoms with Crippen LogP contribution in [0.25, 0.3) is 0 Å². The van der Waals surface area contributed by atoms with Crippen LogP contribution in [0.2, 0.25) is 0 Å². The maximum atomic E-state index is 5.72. The fraction of sp³-hybridized carbons (Fsp3) is 0.467. The molecule has 0 amide bonds. The Morgan fingerprint density at radius 3 is 2.79 bits per heavy atom. The molecule has 0 heterocycles. The Kier molecular flexibility index (Phi) is 7.38. The van der Waals surface area contributed by atoms with E-state index in [2.05, 4.69) is 12.2 Å². The summed E-state index contributed by atoms with van der Waals surface area (Å²) in [6.45, 7) is 6.38. The van der Waals surface area contributed by atoms with E-state index in [4.69, 9.17) is 21.1 Å². The molecule has 4 heteroatoms. The van der Waals surface area contributed by atoms with E-state index in [-0.39, 0.29) is 0 Å². The van der Waals surface area contributed by atoms with E-state index < -0.39 is 0 Å². The maximum Gasteiger partial charge on any atom is 0.161 e. The lowest BCUT2D eigenvalue weighted by Crippen LogP contribution is -2.13. The second kappa shape index (κ2) is 8.83. The minimum atomic E-state index is 0.464. The van der Waals surface area contributed by atoms with Gasteiger partial charge in [-0.1, -0.05) is 24.6 Å². The summed E-state index contributed by atoms with van der Waals surface area (Å²) < 4.78 is 11.0. The number of rotatable bonds is 8.